The molecule has 0 radical (unpaired) electrons. The number of benzene rings is 1. The first-order valence-corrected chi connectivity index (χ1v) is 9.72. The summed E-state index contributed by atoms with van der Waals surface area (Å²) in [5.41, 5.74) is 4.76. The molecule has 0 saturated carbocycles. The van der Waals surface area contributed by atoms with Crippen molar-refractivity contribution in [2.24, 2.45) is 7.05 Å². The number of hydrogen-bond acceptors (Lipinski definition) is 4. The van der Waals surface area contributed by atoms with Crippen molar-refractivity contribution in [2.75, 3.05) is 0 Å². The van der Waals surface area contributed by atoms with Crippen LogP contribution in [0.1, 0.15) is 31.9 Å². The third-order valence-corrected chi connectivity index (χ3v) is 5.39. The van der Waals surface area contributed by atoms with Gasteiger partial charge in [0.15, 0.2) is 11.3 Å². The highest BCUT2D eigenvalue weighted by atomic mass is 35.5. The highest BCUT2D eigenvalue weighted by Crippen LogP contribution is 2.35. The van der Waals surface area contributed by atoms with Crippen molar-refractivity contribution in [3.8, 4) is 22.8 Å². The van der Waals surface area contributed by atoms with Gasteiger partial charge in [-0.15, -0.1) is 0 Å². The van der Waals surface area contributed by atoms with Crippen molar-refractivity contribution in [2.45, 2.75) is 33.1 Å². The van der Waals surface area contributed by atoms with Gasteiger partial charge in [0.1, 0.15) is 12.0 Å². The molecule has 7 heteroatoms. The summed E-state index contributed by atoms with van der Waals surface area (Å²) in [5, 5.41) is 5.26. The third-order valence-electron chi connectivity index (χ3n) is 5.08. The summed E-state index contributed by atoms with van der Waals surface area (Å²) in [6.45, 7) is 8.42. The van der Waals surface area contributed by atoms with Crippen LogP contribution in [0.2, 0.25) is 5.02 Å². The number of rotatable bonds is 2. The molecule has 0 aliphatic carbocycles. The molecule has 4 aromatic rings. The third kappa shape index (κ3) is 3.34. The zero-order chi connectivity index (χ0) is 20.9. The Hall–Kier alpha value is -2.99. The van der Waals surface area contributed by atoms with Gasteiger partial charge >= 0.3 is 0 Å². The molecule has 148 valence electrons. The molecule has 0 aliphatic heterocycles. The summed E-state index contributed by atoms with van der Waals surface area (Å²) in [6.07, 6.45) is 3.11. The topological polar surface area (TPSA) is 76.5 Å². The van der Waals surface area contributed by atoms with Crippen molar-refractivity contribution in [3.63, 3.8) is 0 Å². The number of aryl methyl sites for hydroxylation is 2. The fraction of sp³-hybridized carbons (Fsp3) is 0.273. The van der Waals surface area contributed by atoms with Crippen LogP contribution in [-0.4, -0.2) is 24.7 Å². The number of nitrogens with one attached hydrogen (secondary N) is 1. The number of fused-ring (bicyclic) bond motifs is 1. The Morgan fingerprint density at radius 2 is 1.90 bits per heavy atom. The van der Waals surface area contributed by atoms with Gasteiger partial charge in [-0.3, -0.25) is 9.78 Å². The van der Waals surface area contributed by atoms with E-state index in [1.807, 2.05) is 13.0 Å². The molecule has 0 aliphatic rings. The van der Waals surface area contributed by atoms with Crippen LogP contribution in [-0.2, 0) is 12.5 Å². The van der Waals surface area contributed by atoms with Crippen molar-refractivity contribution >= 4 is 22.5 Å². The molecule has 29 heavy (non-hydrogen) atoms. The Morgan fingerprint density at radius 1 is 1.14 bits per heavy atom. The summed E-state index contributed by atoms with van der Waals surface area (Å²) in [6, 6.07) is 7.41. The summed E-state index contributed by atoms with van der Waals surface area (Å²) >= 11 is 6.58. The monoisotopic (exact) mass is 407 g/mol. The van der Waals surface area contributed by atoms with E-state index in [1.54, 1.807) is 30.1 Å². The van der Waals surface area contributed by atoms with E-state index in [2.05, 4.69) is 46.9 Å². The predicted octanol–water partition coefficient (Wildman–Crippen LogP) is 4.64. The Kier molecular flexibility index (Phi) is 4.54. The van der Waals surface area contributed by atoms with E-state index in [0.29, 0.717) is 27.4 Å². The van der Waals surface area contributed by atoms with Crippen LogP contribution in [0.3, 0.4) is 0 Å². The lowest BCUT2D eigenvalue weighted by Crippen LogP contribution is -2.13. The van der Waals surface area contributed by atoms with E-state index in [1.165, 1.54) is 6.33 Å². The number of aromatic amines is 1. The number of pyridine rings is 2. The van der Waals surface area contributed by atoms with Gasteiger partial charge in [-0.05, 0) is 35.6 Å². The largest absolute Gasteiger partial charge is 0.354 e. The zero-order valence-electron chi connectivity index (χ0n) is 17.0. The van der Waals surface area contributed by atoms with E-state index in [4.69, 9.17) is 11.6 Å². The molecular weight excluding hydrogens is 386 g/mol. The quantitative estimate of drug-likeness (QED) is 0.525. The molecule has 0 fully saturated rings. The summed E-state index contributed by atoms with van der Waals surface area (Å²) in [4.78, 5) is 25.1. The molecule has 0 bridgehead atoms. The maximum Gasteiger partial charge on any atom is 0.192 e. The number of nitrogens with zero attached hydrogens (tertiary/aromatic N) is 4. The molecule has 0 spiro atoms. The molecule has 1 N–H and O–H groups in total. The lowest BCUT2D eigenvalue weighted by molar-refractivity contribution is 0.590. The average Bonchev–Trinajstić information content (AvgIpc) is 3.07. The predicted molar refractivity (Wildman–Crippen MR) is 116 cm³/mol. The van der Waals surface area contributed by atoms with Crippen molar-refractivity contribution in [1.82, 2.24) is 24.7 Å². The van der Waals surface area contributed by atoms with E-state index in [9.17, 15) is 4.79 Å². The second-order valence-corrected chi connectivity index (χ2v) is 8.64. The average molecular weight is 408 g/mol. The Balaban J connectivity index is 1.93. The number of hydrogen-bond donors (Lipinski definition) is 1. The molecule has 3 heterocycles. The van der Waals surface area contributed by atoms with Gasteiger partial charge < -0.3 is 4.98 Å². The van der Waals surface area contributed by atoms with Gasteiger partial charge in [0.05, 0.1) is 16.6 Å². The first kappa shape index (κ1) is 19.3. The highest BCUT2D eigenvalue weighted by molar-refractivity contribution is 6.31. The van der Waals surface area contributed by atoms with Crippen LogP contribution in [0.4, 0.5) is 0 Å². The lowest BCUT2D eigenvalue weighted by atomic mass is 9.85. The number of halogens is 1. The standard InChI is InChI=1S/C22H22ClN5O/c1-12-8-14(22(2,3)4)15(23)9-13(12)17-10-18(29)19-16(27-17)6-7-24-20(19)21-25-11-26-28(21)5/h6-11H,1-5H3,(H,27,29). The number of aromatic nitrogens is 5. The molecular formula is C22H22ClN5O. The van der Waals surface area contributed by atoms with Crippen molar-refractivity contribution < 1.29 is 0 Å². The van der Waals surface area contributed by atoms with Gasteiger partial charge in [-0.2, -0.15) is 5.10 Å². The van der Waals surface area contributed by atoms with Gasteiger partial charge in [0, 0.05) is 29.9 Å². The molecule has 1 aromatic carbocycles. The smallest absolute Gasteiger partial charge is 0.192 e. The van der Waals surface area contributed by atoms with Gasteiger partial charge in [-0.25, -0.2) is 9.67 Å². The van der Waals surface area contributed by atoms with Gasteiger partial charge in [0.25, 0.3) is 0 Å². The van der Waals surface area contributed by atoms with Gasteiger partial charge in [-0.1, -0.05) is 38.4 Å². The molecule has 4 rings (SSSR count). The molecule has 0 unspecified atom stereocenters. The van der Waals surface area contributed by atoms with Gasteiger partial charge in [0.2, 0.25) is 0 Å². The van der Waals surface area contributed by atoms with Crippen LogP contribution >= 0.6 is 11.6 Å². The molecule has 6 nitrogen and oxygen atoms in total. The summed E-state index contributed by atoms with van der Waals surface area (Å²) in [7, 11) is 1.77. The highest BCUT2D eigenvalue weighted by Gasteiger charge is 2.20. The fourth-order valence-electron chi connectivity index (χ4n) is 3.57. The van der Waals surface area contributed by atoms with E-state index in [0.717, 1.165) is 22.4 Å². The normalized spacial score (nSPS) is 11.9. The first-order chi connectivity index (χ1) is 13.7. The molecule has 0 amide bonds. The number of H-pyrrole nitrogens is 1. The minimum Gasteiger partial charge on any atom is -0.354 e. The second kappa shape index (κ2) is 6.81. The van der Waals surface area contributed by atoms with E-state index in [-0.39, 0.29) is 10.8 Å². The maximum atomic E-state index is 13.1. The lowest BCUT2D eigenvalue weighted by Gasteiger charge is -2.22. The maximum absolute atomic E-state index is 13.1. The summed E-state index contributed by atoms with van der Waals surface area (Å²) in [5.74, 6) is 0.544. The Labute approximate surface area is 173 Å². The Bertz CT molecular complexity index is 1300. The molecule has 3 aromatic heterocycles. The SMILES string of the molecule is Cc1cc(C(C)(C)C)c(Cl)cc1-c1cc(=O)c2c(-c3ncnn3C)nccc2[nH]1. The van der Waals surface area contributed by atoms with Crippen LogP contribution < -0.4 is 5.43 Å². The van der Waals surface area contributed by atoms with Crippen LogP contribution in [0, 0.1) is 6.92 Å². The van der Waals surface area contributed by atoms with Crippen molar-refractivity contribution in [1.29, 1.82) is 0 Å². The summed E-state index contributed by atoms with van der Waals surface area (Å²) < 4.78 is 1.60. The fourth-order valence-corrected chi connectivity index (χ4v) is 4.02. The molecule has 0 atom stereocenters. The van der Waals surface area contributed by atoms with E-state index < -0.39 is 0 Å². The minimum atomic E-state index is -0.129. The zero-order valence-corrected chi connectivity index (χ0v) is 17.8. The second-order valence-electron chi connectivity index (χ2n) is 8.23. The van der Waals surface area contributed by atoms with Crippen LogP contribution in [0.25, 0.3) is 33.7 Å². The first-order valence-electron chi connectivity index (χ1n) is 9.34. The minimum absolute atomic E-state index is 0.0617. The van der Waals surface area contributed by atoms with Crippen LogP contribution in [0.5, 0.6) is 0 Å². The van der Waals surface area contributed by atoms with E-state index >= 15 is 0 Å². The van der Waals surface area contributed by atoms with Crippen LogP contribution in [0.15, 0.2) is 41.6 Å². The molecule has 0 saturated heterocycles. The van der Waals surface area contributed by atoms with Crippen molar-refractivity contribution in [3.05, 3.63) is 63.2 Å². The Morgan fingerprint density at radius 3 is 2.55 bits per heavy atom.